The van der Waals surface area contributed by atoms with Crippen LogP contribution in [-0.2, 0) is 11.3 Å². The van der Waals surface area contributed by atoms with Gasteiger partial charge in [0.25, 0.3) is 5.91 Å². The van der Waals surface area contributed by atoms with Crippen LogP contribution in [0.5, 0.6) is 0 Å². The van der Waals surface area contributed by atoms with E-state index in [1.807, 2.05) is 49.4 Å². The number of hydrogen-bond donors (Lipinski definition) is 1. The topological polar surface area (TPSA) is 49.4 Å². The molecule has 3 aromatic carbocycles. The van der Waals surface area contributed by atoms with E-state index in [2.05, 4.69) is 23.5 Å². The predicted octanol–water partition coefficient (Wildman–Crippen LogP) is 4.01. The lowest BCUT2D eigenvalue weighted by atomic mass is 10.0. The lowest BCUT2D eigenvalue weighted by molar-refractivity contribution is -0.130. The summed E-state index contributed by atoms with van der Waals surface area (Å²) in [7, 11) is 1.80. The second-order valence-corrected chi connectivity index (χ2v) is 6.83. The fourth-order valence-corrected chi connectivity index (χ4v) is 3.14. The van der Waals surface area contributed by atoms with Crippen molar-refractivity contribution >= 4 is 22.6 Å². The molecule has 1 unspecified atom stereocenters. The maximum Gasteiger partial charge on any atom is 0.251 e. The van der Waals surface area contributed by atoms with Gasteiger partial charge < -0.3 is 10.2 Å². The minimum absolute atomic E-state index is 0.00351. The summed E-state index contributed by atoms with van der Waals surface area (Å²) in [5, 5.41) is 5.21. The van der Waals surface area contributed by atoms with E-state index in [0.717, 1.165) is 10.9 Å². The molecule has 0 aromatic heterocycles. The second-order valence-electron chi connectivity index (χ2n) is 6.83. The molecule has 0 heterocycles. The van der Waals surface area contributed by atoms with Crippen LogP contribution in [-0.4, -0.2) is 29.8 Å². The van der Waals surface area contributed by atoms with Gasteiger partial charge in [0.15, 0.2) is 0 Å². The number of nitrogens with one attached hydrogen (secondary N) is 1. The first-order chi connectivity index (χ1) is 13.0. The Morgan fingerprint density at radius 3 is 2.37 bits per heavy atom. The van der Waals surface area contributed by atoms with Crippen LogP contribution in [0, 0.1) is 0 Å². The van der Waals surface area contributed by atoms with E-state index in [9.17, 15) is 9.59 Å². The Bertz CT molecular complexity index is 932. The Morgan fingerprint density at radius 2 is 1.59 bits per heavy atom. The van der Waals surface area contributed by atoms with E-state index in [1.54, 1.807) is 24.1 Å². The van der Waals surface area contributed by atoms with E-state index in [4.69, 9.17) is 0 Å². The number of fused-ring (bicyclic) bond motifs is 1. The summed E-state index contributed by atoms with van der Waals surface area (Å²) in [5.74, 6) is -0.156. The summed E-state index contributed by atoms with van der Waals surface area (Å²) < 4.78 is 0. The van der Waals surface area contributed by atoms with Crippen LogP contribution >= 0.6 is 0 Å². The molecule has 27 heavy (non-hydrogen) atoms. The molecule has 3 rings (SSSR count). The van der Waals surface area contributed by atoms with E-state index >= 15 is 0 Å². The SMILES string of the molecule is CC(CC(=O)N(C)Cc1cccc2ccccc12)NC(=O)c1ccccc1. The van der Waals surface area contributed by atoms with Crippen molar-refractivity contribution in [2.45, 2.75) is 25.9 Å². The Balaban J connectivity index is 1.59. The summed E-state index contributed by atoms with van der Waals surface area (Å²) in [4.78, 5) is 26.5. The minimum atomic E-state index is -0.236. The molecule has 3 aromatic rings. The summed E-state index contributed by atoms with van der Waals surface area (Å²) in [6.45, 7) is 2.39. The van der Waals surface area contributed by atoms with Gasteiger partial charge >= 0.3 is 0 Å². The zero-order valence-electron chi connectivity index (χ0n) is 15.7. The predicted molar refractivity (Wildman–Crippen MR) is 108 cm³/mol. The second kappa shape index (κ2) is 8.49. The highest BCUT2D eigenvalue weighted by Crippen LogP contribution is 2.20. The quantitative estimate of drug-likeness (QED) is 0.722. The highest BCUT2D eigenvalue weighted by atomic mass is 16.2. The van der Waals surface area contributed by atoms with Crippen molar-refractivity contribution < 1.29 is 9.59 Å². The third-order valence-corrected chi connectivity index (χ3v) is 4.61. The van der Waals surface area contributed by atoms with Crippen molar-refractivity contribution in [1.82, 2.24) is 10.2 Å². The first-order valence-corrected chi connectivity index (χ1v) is 9.11. The lowest BCUT2D eigenvalue weighted by Crippen LogP contribution is -2.37. The van der Waals surface area contributed by atoms with Crippen LogP contribution in [0.1, 0.15) is 29.3 Å². The monoisotopic (exact) mass is 360 g/mol. The van der Waals surface area contributed by atoms with Crippen LogP contribution in [0.4, 0.5) is 0 Å². The minimum Gasteiger partial charge on any atom is -0.349 e. The van der Waals surface area contributed by atoms with E-state index in [0.29, 0.717) is 12.1 Å². The van der Waals surface area contributed by atoms with Crippen molar-refractivity contribution in [3.05, 3.63) is 83.9 Å². The molecule has 0 spiro atoms. The van der Waals surface area contributed by atoms with E-state index in [-0.39, 0.29) is 24.3 Å². The first kappa shape index (κ1) is 18.6. The van der Waals surface area contributed by atoms with Gasteiger partial charge in [-0.15, -0.1) is 0 Å². The van der Waals surface area contributed by atoms with Crippen molar-refractivity contribution in [3.63, 3.8) is 0 Å². The van der Waals surface area contributed by atoms with Crippen LogP contribution in [0.15, 0.2) is 72.8 Å². The molecule has 0 bridgehead atoms. The molecule has 0 radical (unpaired) electrons. The molecule has 0 aliphatic heterocycles. The van der Waals surface area contributed by atoms with Crippen LogP contribution < -0.4 is 5.32 Å². The standard InChI is InChI=1S/C23H24N2O2/c1-17(24-23(27)19-10-4-3-5-11-19)15-22(26)25(2)16-20-13-8-12-18-9-6-7-14-21(18)20/h3-14,17H,15-16H2,1-2H3,(H,24,27). The number of hydrogen-bond acceptors (Lipinski definition) is 2. The molecule has 0 saturated carbocycles. The van der Waals surface area contributed by atoms with Crippen molar-refractivity contribution in [1.29, 1.82) is 0 Å². The van der Waals surface area contributed by atoms with Gasteiger partial charge in [-0.2, -0.15) is 0 Å². The molecule has 2 amide bonds. The molecular weight excluding hydrogens is 336 g/mol. The van der Waals surface area contributed by atoms with Gasteiger partial charge in [-0.25, -0.2) is 0 Å². The van der Waals surface area contributed by atoms with Gasteiger partial charge in [0.1, 0.15) is 0 Å². The van der Waals surface area contributed by atoms with Gasteiger partial charge in [-0.1, -0.05) is 60.7 Å². The Morgan fingerprint density at radius 1 is 0.926 bits per heavy atom. The summed E-state index contributed by atoms with van der Waals surface area (Å²) in [5.41, 5.74) is 1.71. The summed E-state index contributed by atoms with van der Waals surface area (Å²) in [6, 6.07) is 23.1. The zero-order valence-corrected chi connectivity index (χ0v) is 15.7. The van der Waals surface area contributed by atoms with E-state index < -0.39 is 0 Å². The van der Waals surface area contributed by atoms with Crippen molar-refractivity contribution in [2.24, 2.45) is 0 Å². The zero-order chi connectivity index (χ0) is 19.2. The molecule has 0 fully saturated rings. The van der Waals surface area contributed by atoms with Crippen molar-refractivity contribution in [3.8, 4) is 0 Å². The molecule has 1 atom stereocenters. The molecule has 4 nitrogen and oxygen atoms in total. The number of carbonyl (C=O) groups is 2. The van der Waals surface area contributed by atoms with Gasteiger partial charge in [0.2, 0.25) is 5.91 Å². The molecular formula is C23H24N2O2. The smallest absolute Gasteiger partial charge is 0.251 e. The molecule has 0 aliphatic rings. The Labute approximate surface area is 159 Å². The van der Waals surface area contributed by atoms with Crippen molar-refractivity contribution in [2.75, 3.05) is 7.05 Å². The molecule has 0 aliphatic carbocycles. The summed E-state index contributed by atoms with van der Waals surface area (Å²) in [6.07, 6.45) is 0.264. The number of rotatable bonds is 6. The van der Waals surface area contributed by atoms with Crippen LogP contribution in [0.3, 0.4) is 0 Å². The molecule has 1 N–H and O–H groups in total. The largest absolute Gasteiger partial charge is 0.349 e. The first-order valence-electron chi connectivity index (χ1n) is 9.11. The molecule has 138 valence electrons. The highest BCUT2D eigenvalue weighted by molar-refractivity contribution is 5.94. The molecule has 0 saturated heterocycles. The average molecular weight is 360 g/mol. The molecule has 4 heteroatoms. The maximum atomic E-state index is 12.6. The third-order valence-electron chi connectivity index (χ3n) is 4.61. The highest BCUT2D eigenvalue weighted by Gasteiger charge is 2.16. The van der Waals surface area contributed by atoms with E-state index in [1.165, 1.54) is 5.39 Å². The van der Waals surface area contributed by atoms with Gasteiger partial charge in [0.05, 0.1) is 0 Å². The Hall–Kier alpha value is -3.14. The summed E-state index contributed by atoms with van der Waals surface area (Å²) >= 11 is 0. The lowest BCUT2D eigenvalue weighted by Gasteiger charge is -2.21. The third kappa shape index (κ3) is 4.73. The Kier molecular flexibility index (Phi) is 5.87. The number of amides is 2. The maximum absolute atomic E-state index is 12.6. The van der Waals surface area contributed by atoms with Gasteiger partial charge in [0, 0.05) is 31.6 Å². The van der Waals surface area contributed by atoms with Crippen LogP contribution in [0.25, 0.3) is 10.8 Å². The fraction of sp³-hybridized carbons (Fsp3) is 0.217. The van der Waals surface area contributed by atoms with Crippen LogP contribution in [0.2, 0.25) is 0 Å². The number of benzene rings is 3. The van der Waals surface area contributed by atoms with Gasteiger partial charge in [-0.3, -0.25) is 9.59 Å². The fourth-order valence-electron chi connectivity index (χ4n) is 3.14. The average Bonchev–Trinajstić information content (AvgIpc) is 2.68. The normalized spacial score (nSPS) is 11.8. The number of nitrogens with zero attached hydrogens (tertiary/aromatic N) is 1. The number of carbonyl (C=O) groups excluding carboxylic acids is 2. The van der Waals surface area contributed by atoms with Gasteiger partial charge in [-0.05, 0) is 35.4 Å².